The van der Waals surface area contributed by atoms with Crippen LogP contribution in [0.5, 0.6) is 5.75 Å². The Morgan fingerprint density at radius 3 is 3.04 bits per heavy atom. The van der Waals surface area contributed by atoms with Gasteiger partial charge in [0, 0.05) is 25.5 Å². The predicted molar refractivity (Wildman–Crippen MR) is 86.5 cm³/mol. The zero-order valence-corrected chi connectivity index (χ0v) is 13.6. The molecule has 2 N–H and O–H groups in total. The van der Waals surface area contributed by atoms with E-state index in [1.807, 2.05) is 18.2 Å². The average molecular weight is 329 g/mol. The van der Waals surface area contributed by atoms with Crippen molar-refractivity contribution in [3.05, 3.63) is 29.8 Å². The van der Waals surface area contributed by atoms with E-state index in [0.717, 1.165) is 22.6 Å². The Balaban J connectivity index is 1.47. The number of nitrogens with one attached hydrogen (secondary N) is 2. The quantitative estimate of drug-likeness (QED) is 0.657. The standard InChI is InChI=1S/C15H19N7O2/c1-10-19-20-21-22(10)8-6-15(23)16-7-5-14-17-12-4-3-11(24-2)9-13(12)18-14/h3-4,9H,5-8H2,1-2H3,(H,16,23)(H,17,18). The van der Waals surface area contributed by atoms with Gasteiger partial charge in [0.05, 0.1) is 24.7 Å². The number of carbonyl (C=O) groups excluding carboxylic acids is 1. The number of nitrogens with zero attached hydrogens (tertiary/aromatic N) is 5. The van der Waals surface area contributed by atoms with Crippen molar-refractivity contribution >= 4 is 16.9 Å². The average Bonchev–Trinajstić information content (AvgIpc) is 3.17. The number of H-pyrrole nitrogens is 1. The molecule has 1 aromatic carbocycles. The van der Waals surface area contributed by atoms with Crippen molar-refractivity contribution in [2.24, 2.45) is 0 Å². The Morgan fingerprint density at radius 1 is 1.42 bits per heavy atom. The van der Waals surface area contributed by atoms with Gasteiger partial charge < -0.3 is 15.0 Å². The van der Waals surface area contributed by atoms with Crippen LogP contribution in [0.25, 0.3) is 11.0 Å². The van der Waals surface area contributed by atoms with Crippen LogP contribution in [0, 0.1) is 6.92 Å². The Morgan fingerprint density at radius 2 is 2.29 bits per heavy atom. The largest absolute Gasteiger partial charge is 0.497 e. The maximum atomic E-state index is 11.9. The lowest BCUT2D eigenvalue weighted by Gasteiger charge is -2.04. The topological polar surface area (TPSA) is 111 Å². The van der Waals surface area contributed by atoms with Gasteiger partial charge in [-0.05, 0) is 29.5 Å². The summed E-state index contributed by atoms with van der Waals surface area (Å²) in [7, 11) is 1.63. The summed E-state index contributed by atoms with van der Waals surface area (Å²) in [4.78, 5) is 19.6. The van der Waals surface area contributed by atoms with Gasteiger partial charge in [0.15, 0.2) is 0 Å². The molecule has 24 heavy (non-hydrogen) atoms. The zero-order chi connectivity index (χ0) is 16.9. The van der Waals surface area contributed by atoms with E-state index in [4.69, 9.17) is 4.74 Å². The van der Waals surface area contributed by atoms with Crippen molar-refractivity contribution in [1.29, 1.82) is 0 Å². The van der Waals surface area contributed by atoms with Crippen LogP contribution in [-0.2, 0) is 17.8 Å². The second kappa shape index (κ2) is 7.07. The Kier molecular flexibility index (Phi) is 4.69. The van der Waals surface area contributed by atoms with Crippen LogP contribution in [0.1, 0.15) is 18.1 Å². The van der Waals surface area contributed by atoms with E-state index in [1.165, 1.54) is 0 Å². The number of ether oxygens (including phenoxy) is 1. The third-order valence-electron chi connectivity index (χ3n) is 3.68. The van der Waals surface area contributed by atoms with Gasteiger partial charge in [-0.1, -0.05) is 0 Å². The summed E-state index contributed by atoms with van der Waals surface area (Å²) in [6, 6.07) is 5.68. The van der Waals surface area contributed by atoms with Crippen molar-refractivity contribution in [3.8, 4) is 5.75 Å². The van der Waals surface area contributed by atoms with Gasteiger partial charge in [-0.15, -0.1) is 5.10 Å². The second-order valence-corrected chi connectivity index (χ2v) is 5.37. The van der Waals surface area contributed by atoms with E-state index in [0.29, 0.717) is 31.8 Å². The number of amides is 1. The zero-order valence-electron chi connectivity index (χ0n) is 13.6. The Hall–Kier alpha value is -2.97. The summed E-state index contributed by atoms with van der Waals surface area (Å²) in [6.07, 6.45) is 0.968. The van der Waals surface area contributed by atoms with Crippen molar-refractivity contribution in [2.75, 3.05) is 13.7 Å². The molecule has 0 saturated heterocycles. The third kappa shape index (κ3) is 3.67. The number of hydrogen-bond acceptors (Lipinski definition) is 6. The first-order chi connectivity index (χ1) is 11.7. The molecule has 2 aromatic heterocycles. The molecule has 126 valence electrons. The highest BCUT2D eigenvalue weighted by atomic mass is 16.5. The second-order valence-electron chi connectivity index (χ2n) is 5.37. The molecule has 2 heterocycles. The molecule has 0 aliphatic heterocycles. The normalized spacial score (nSPS) is 10.9. The van der Waals surface area contributed by atoms with E-state index < -0.39 is 0 Å². The fraction of sp³-hybridized carbons (Fsp3) is 0.400. The number of rotatable bonds is 7. The van der Waals surface area contributed by atoms with Gasteiger partial charge in [0.2, 0.25) is 5.91 Å². The van der Waals surface area contributed by atoms with Gasteiger partial charge in [-0.3, -0.25) is 4.79 Å². The lowest BCUT2D eigenvalue weighted by Crippen LogP contribution is -2.27. The van der Waals surface area contributed by atoms with Crippen molar-refractivity contribution in [3.63, 3.8) is 0 Å². The first kappa shape index (κ1) is 15.9. The molecular formula is C15H19N7O2. The molecule has 0 aliphatic carbocycles. The molecule has 0 radical (unpaired) electrons. The number of tetrazole rings is 1. The van der Waals surface area contributed by atoms with E-state index in [2.05, 4.69) is 30.8 Å². The minimum Gasteiger partial charge on any atom is -0.497 e. The van der Waals surface area contributed by atoms with Crippen LogP contribution in [0.3, 0.4) is 0 Å². The van der Waals surface area contributed by atoms with Crippen LogP contribution >= 0.6 is 0 Å². The molecule has 0 unspecified atom stereocenters. The van der Waals surface area contributed by atoms with Crippen molar-refractivity contribution in [1.82, 2.24) is 35.5 Å². The molecule has 0 aliphatic rings. The van der Waals surface area contributed by atoms with Crippen LogP contribution in [-0.4, -0.2) is 49.7 Å². The first-order valence-corrected chi connectivity index (χ1v) is 7.68. The predicted octanol–water partition coefficient (Wildman–Crippen LogP) is 0.615. The van der Waals surface area contributed by atoms with Gasteiger partial charge in [0.1, 0.15) is 17.4 Å². The molecule has 3 rings (SSSR count). The first-order valence-electron chi connectivity index (χ1n) is 7.68. The molecule has 0 bridgehead atoms. The summed E-state index contributed by atoms with van der Waals surface area (Å²) in [6.45, 7) is 2.79. The number of fused-ring (bicyclic) bond motifs is 1. The lowest BCUT2D eigenvalue weighted by atomic mass is 10.3. The lowest BCUT2D eigenvalue weighted by molar-refractivity contribution is -0.121. The summed E-state index contributed by atoms with van der Waals surface area (Å²) < 4.78 is 6.79. The van der Waals surface area contributed by atoms with Crippen molar-refractivity contribution < 1.29 is 9.53 Å². The van der Waals surface area contributed by atoms with E-state index in [-0.39, 0.29) is 5.91 Å². The van der Waals surface area contributed by atoms with Gasteiger partial charge in [0.25, 0.3) is 0 Å². The van der Waals surface area contributed by atoms with Crippen LogP contribution in [0.15, 0.2) is 18.2 Å². The van der Waals surface area contributed by atoms with Gasteiger partial charge in [-0.2, -0.15) is 0 Å². The Labute approximate surface area is 138 Å². The van der Waals surface area contributed by atoms with Gasteiger partial charge in [-0.25, -0.2) is 9.67 Å². The number of carbonyl (C=O) groups is 1. The maximum absolute atomic E-state index is 11.9. The summed E-state index contributed by atoms with van der Waals surface area (Å²) in [5.74, 6) is 2.27. The molecule has 0 fully saturated rings. The van der Waals surface area contributed by atoms with Crippen LogP contribution in [0.4, 0.5) is 0 Å². The number of imidazole rings is 1. The highest BCUT2D eigenvalue weighted by molar-refractivity contribution is 5.77. The van der Waals surface area contributed by atoms with Crippen molar-refractivity contribution in [2.45, 2.75) is 26.3 Å². The third-order valence-corrected chi connectivity index (χ3v) is 3.68. The number of aromatic amines is 1. The van der Waals surface area contributed by atoms with E-state index in [1.54, 1.807) is 18.7 Å². The minimum absolute atomic E-state index is 0.0392. The fourth-order valence-corrected chi connectivity index (χ4v) is 2.36. The Bertz CT molecular complexity index is 839. The fourth-order valence-electron chi connectivity index (χ4n) is 2.36. The highest BCUT2D eigenvalue weighted by Gasteiger charge is 2.07. The number of benzene rings is 1. The number of aromatic nitrogens is 6. The highest BCUT2D eigenvalue weighted by Crippen LogP contribution is 2.18. The molecule has 0 saturated carbocycles. The SMILES string of the molecule is COc1ccc2nc(CCNC(=O)CCn3nnnc3C)[nH]c2c1. The number of methoxy groups -OCH3 is 1. The number of aryl methyl sites for hydroxylation is 2. The molecule has 9 nitrogen and oxygen atoms in total. The maximum Gasteiger partial charge on any atom is 0.221 e. The van der Waals surface area contributed by atoms with Crippen LogP contribution < -0.4 is 10.1 Å². The molecule has 1 amide bonds. The minimum atomic E-state index is -0.0392. The summed E-state index contributed by atoms with van der Waals surface area (Å²) in [5.41, 5.74) is 1.80. The monoisotopic (exact) mass is 329 g/mol. The van der Waals surface area contributed by atoms with E-state index in [9.17, 15) is 4.79 Å². The number of hydrogen-bond donors (Lipinski definition) is 2. The van der Waals surface area contributed by atoms with Gasteiger partial charge >= 0.3 is 0 Å². The smallest absolute Gasteiger partial charge is 0.221 e. The summed E-state index contributed by atoms with van der Waals surface area (Å²) in [5, 5.41) is 14.0. The molecule has 0 atom stereocenters. The molecule has 9 heteroatoms. The van der Waals surface area contributed by atoms with Crippen LogP contribution in [0.2, 0.25) is 0 Å². The summed E-state index contributed by atoms with van der Waals surface area (Å²) >= 11 is 0. The van der Waals surface area contributed by atoms with E-state index >= 15 is 0 Å². The molecule has 3 aromatic rings. The molecule has 0 spiro atoms. The molecular weight excluding hydrogens is 310 g/mol.